The molecule has 1 heterocycles. The van der Waals surface area contributed by atoms with Crippen LogP contribution in [0.3, 0.4) is 0 Å². The smallest absolute Gasteiger partial charge is 0.143 e. The van der Waals surface area contributed by atoms with Gasteiger partial charge in [-0.2, -0.15) is 0 Å². The second-order valence-corrected chi connectivity index (χ2v) is 3.53. The number of methoxy groups -OCH3 is 1. The van der Waals surface area contributed by atoms with Gasteiger partial charge in [-0.1, -0.05) is 0 Å². The second kappa shape index (κ2) is 5.33. The molecule has 0 bridgehead atoms. The van der Waals surface area contributed by atoms with E-state index in [0.29, 0.717) is 6.61 Å². The molecular weight excluding hydrogens is 281 g/mol. The van der Waals surface area contributed by atoms with E-state index < -0.39 is 0 Å². The molecular formula is C8H12IN3O. The highest BCUT2D eigenvalue weighted by Crippen LogP contribution is 2.17. The number of aromatic nitrogens is 2. The van der Waals surface area contributed by atoms with Gasteiger partial charge in [0, 0.05) is 13.7 Å². The lowest BCUT2D eigenvalue weighted by molar-refractivity contribution is 0.180. The maximum Gasteiger partial charge on any atom is 0.143 e. The zero-order valence-corrected chi connectivity index (χ0v) is 9.83. The van der Waals surface area contributed by atoms with E-state index in [1.807, 2.05) is 6.92 Å². The number of hydrogen-bond donors (Lipinski definition) is 1. The highest BCUT2D eigenvalue weighted by atomic mass is 127. The number of rotatable bonds is 4. The molecule has 0 aliphatic heterocycles. The van der Waals surface area contributed by atoms with E-state index in [-0.39, 0.29) is 0 Å². The summed E-state index contributed by atoms with van der Waals surface area (Å²) in [5, 5.41) is 3.16. The van der Waals surface area contributed by atoms with Crippen molar-refractivity contribution < 1.29 is 4.74 Å². The average Bonchev–Trinajstić information content (AvgIpc) is 2.13. The molecule has 0 radical (unpaired) electrons. The molecule has 1 N–H and O–H groups in total. The van der Waals surface area contributed by atoms with Gasteiger partial charge in [0.1, 0.15) is 12.1 Å². The molecule has 0 aliphatic carbocycles. The van der Waals surface area contributed by atoms with E-state index in [1.165, 1.54) is 0 Å². The molecule has 13 heavy (non-hydrogen) atoms. The van der Waals surface area contributed by atoms with Gasteiger partial charge in [0.25, 0.3) is 0 Å². The third kappa shape index (κ3) is 2.77. The molecule has 0 saturated heterocycles. The van der Waals surface area contributed by atoms with E-state index in [4.69, 9.17) is 4.74 Å². The first-order chi connectivity index (χ1) is 6.29. The number of nitrogens with zero attached hydrogens (tertiary/aromatic N) is 2. The Balaban J connectivity index is 2.89. The van der Waals surface area contributed by atoms with Gasteiger partial charge in [0.05, 0.1) is 15.9 Å². The largest absolute Gasteiger partial charge is 0.378 e. The SMILES string of the molecule is CCNc1ncnc(COC)c1I. The van der Waals surface area contributed by atoms with Crippen LogP contribution in [0.25, 0.3) is 0 Å². The van der Waals surface area contributed by atoms with Crippen LogP contribution < -0.4 is 5.32 Å². The monoisotopic (exact) mass is 293 g/mol. The highest BCUT2D eigenvalue weighted by Gasteiger charge is 2.06. The van der Waals surface area contributed by atoms with Crippen molar-refractivity contribution in [2.75, 3.05) is 19.0 Å². The fourth-order valence-electron chi connectivity index (χ4n) is 0.934. The molecule has 72 valence electrons. The van der Waals surface area contributed by atoms with Gasteiger partial charge in [0.2, 0.25) is 0 Å². The third-order valence-electron chi connectivity index (χ3n) is 1.49. The molecule has 0 spiro atoms. The van der Waals surface area contributed by atoms with Crippen molar-refractivity contribution in [3.8, 4) is 0 Å². The minimum Gasteiger partial charge on any atom is -0.378 e. The van der Waals surface area contributed by atoms with Gasteiger partial charge in [-0.3, -0.25) is 0 Å². The summed E-state index contributed by atoms with van der Waals surface area (Å²) < 4.78 is 6.05. The standard InChI is InChI=1S/C8H12IN3O/c1-3-10-8-7(9)6(4-13-2)11-5-12-8/h5H,3-4H2,1-2H3,(H,10,11,12). The predicted molar refractivity (Wildman–Crippen MR) is 59.6 cm³/mol. The van der Waals surface area contributed by atoms with Crippen molar-refractivity contribution in [1.82, 2.24) is 9.97 Å². The third-order valence-corrected chi connectivity index (χ3v) is 2.62. The normalized spacial score (nSPS) is 10.1. The van der Waals surface area contributed by atoms with E-state index >= 15 is 0 Å². The zero-order valence-electron chi connectivity index (χ0n) is 7.67. The molecule has 1 rings (SSSR count). The summed E-state index contributed by atoms with van der Waals surface area (Å²) in [4.78, 5) is 8.25. The summed E-state index contributed by atoms with van der Waals surface area (Å²) in [5.74, 6) is 0.880. The zero-order chi connectivity index (χ0) is 9.68. The number of ether oxygens (including phenoxy) is 1. The van der Waals surface area contributed by atoms with E-state index in [1.54, 1.807) is 13.4 Å². The van der Waals surface area contributed by atoms with Crippen molar-refractivity contribution >= 4 is 28.4 Å². The Hall–Kier alpha value is -0.430. The second-order valence-electron chi connectivity index (χ2n) is 2.45. The molecule has 4 nitrogen and oxygen atoms in total. The van der Waals surface area contributed by atoms with Crippen LogP contribution in [0, 0.1) is 3.57 Å². The fourth-order valence-corrected chi connectivity index (χ4v) is 1.56. The van der Waals surface area contributed by atoms with E-state index in [0.717, 1.165) is 21.6 Å². The predicted octanol–water partition coefficient (Wildman–Crippen LogP) is 1.66. The lowest BCUT2D eigenvalue weighted by atomic mass is 10.4. The molecule has 0 unspecified atom stereocenters. The quantitative estimate of drug-likeness (QED) is 0.858. The van der Waals surface area contributed by atoms with Gasteiger partial charge >= 0.3 is 0 Å². The van der Waals surface area contributed by atoms with E-state index in [9.17, 15) is 0 Å². The Kier molecular flexibility index (Phi) is 4.37. The molecule has 0 aliphatic rings. The van der Waals surface area contributed by atoms with Crippen LogP contribution in [-0.2, 0) is 11.3 Å². The molecule has 0 fully saturated rings. The van der Waals surface area contributed by atoms with Gasteiger partial charge in [0.15, 0.2) is 0 Å². The first-order valence-corrected chi connectivity index (χ1v) is 5.09. The van der Waals surface area contributed by atoms with Gasteiger partial charge in [-0.05, 0) is 29.5 Å². The van der Waals surface area contributed by atoms with E-state index in [2.05, 4.69) is 37.9 Å². The van der Waals surface area contributed by atoms with Gasteiger partial charge in [-0.15, -0.1) is 0 Å². The Bertz CT molecular complexity index is 256. The summed E-state index contributed by atoms with van der Waals surface area (Å²) in [6.45, 7) is 3.42. The lowest BCUT2D eigenvalue weighted by Crippen LogP contribution is -2.06. The summed E-state index contributed by atoms with van der Waals surface area (Å²) in [5.41, 5.74) is 0.925. The minimum atomic E-state index is 0.527. The fraction of sp³-hybridized carbons (Fsp3) is 0.500. The van der Waals surface area contributed by atoms with Crippen LogP contribution in [0.15, 0.2) is 6.33 Å². The molecule has 0 amide bonds. The first-order valence-electron chi connectivity index (χ1n) is 4.01. The number of hydrogen-bond acceptors (Lipinski definition) is 4. The molecule has 0 aromatic carbocycles. The van der Waals surface area contributed by atoms with Crippen LogP contribution in [-0.4, -0.2) is 23.6 Å². The highest BCUT2D eigenvalue weighted by molar-refractivity contribution is 14.1. The van der Waals surface area contributed by atoms with Crippen molar-refractivity contribution in [3.63, 3.8) is 0 Å². The van der Waals surface area contributed by atoms with Crippen LogP contribution in [0.4, 0.5) is 5.82 Å². The maximum atomic E-state index is 5.02. The van der Waals surface area contributed by atoms with Crippen molar-refractivity contribution in [1.29, 1.82) is 0 Å². The van der Waals surface area contributed by atoms with Crippen molar-refractivity contribution in [3.05, 3.63) is 15.6 Å². The van der Waals surface area contributed by atoms with Crippen LogP contribution in [0.5, 0.6) is 0 Å². The molecule has 0 atom stereocenters. The summed E-state index contributed by atoms with van der Waals surface area (Å²) in [6, 6.07) is 0. The van der Waals surface area contributed by atoms with Crippen molar-refractivity contribution in [2.45, 2.75) is 13.5 Å². The minimum absolute atomic E-state index is 0.527. The van der Waals surface area contributed by atoms with Gasteiger partial charge < -0.3 is 10.1 Å². The number of anilines is 1. The first kappa shape index (κ1) is 10.6. The summed E-state index contributed by atoms with van der Waals surface area (Å²) in [6.07, 6.45) is 1.55. The molecule has 1 aromatic rings. The summed E-state index contributed by atoms with van der Waals surface area (Å²) >= 11 is 2.22. The Labute approximate surface area is 91.3 Å². The topological polar surface area (TPSA) is 47.0 Å². The Morgan fingerprint density at radius 2 is 2.31 bits per heavy atom. The lowest BCUT2D eigenvalue weighted by Gasteiger charge is -2.07. The molecule has 0 saturated carbocycles. The molecule has 1 aromatic heterocycles. The Morgan fingerprint density at radius 3 is 2.92 bits per heavy atom. The van der Waals surface area contributed by atoms with Crippen LogP contribution >= 0.6 is 22.6 Å². The van der Waals surface area contributed by atoms with Gasteiger partial charge in [-0.25, -0.2) is 9.97 Å². The average molecular weight is 293 g/mol. The summed E-state index contributed by atoms with van der Waals surface area (Å²) in [7, 11) is 1.66. The Morgan fingerprint density at radius 1 is 1.54 bits per heavy atom. The van der Waals surface area contributed by atoms with Crippen LogP contribution in [0.1, 0.15) is 12.6 Å². The number of halogens is 1. The van der Waals surface area contributed by atoms with Crippen molar-refractivity contribution in [2.24, 2.45) is 0 Å². The number of nitrogens with one attached hydrogen (secondary N) is 1. The molecule has 5 heteroatoms. The maximum absolute atomic E-state index is 5.02. The van der Waals surface area contributed by atoms with Crippen LogP contribution in [0.2, 0.25) is 0 Å².